The van der Waals surface area contributed by atoms with Crippen molar-refractivity contribution < 1.29 is 14.3 Å². The molecule has 1 aromatic carbocycles. The lowest BCUT2D eigenvalue weighted by atomic mass is 10.00. The van der Waals surface area contributed by atoms with E-state index in [2.05, 4.69) is 4.98 Å². The minimum absolute atomic E-state index is 0.273. The van der Waals surface area contributed by atoms with Crippen molar-refractivity contribution in [2.24, 2.45) is 0 Å². The first-order chi connectivity index (χ1) is 8.99. The van der Waals surface area contributed by atoms with E-state index in [1.165, 1.54) is 6.20 Å². The zero-order valence-corrected chi connectivity index (χ0v) is 11.0. The van der Waals surface area contributed by atoms with E-state index in [0.717, 1.165) is 6.07 Å². The Hall–Kier alpha value is -1.65. The summed E-state index contributed by atoms with van der Waals surface area (Å²) >= 11 is 12.1. The monoisotopic (exact) mass is 299 g/mol. The van der Waals surface area contributed by atoms with Crippen LogP contribution in [-0.4, -0.2) is 16.1 Å². The highest BCUT2D eigenvalue weighted by Gasteiger charge is 2.15. The highest BCUT2D eigenvalue weighted by atomic mass is 35.5. The van der Waals surface area contributed by atoms with Gasteiger partial charge in [-0.15, -0.1) is 0 Å². The molecule has 0 atom stereocenters. The van der Waals surface area contributed by atoms with Crippen LogP contribution in [0, 0.1) is 5.95 Å². The standard InChI is InChI=1S/C13H8Cl2FNO2/c14-9-2-1-3-10(15)13(9)8-6-17-11(16)4-7(8)5-12(18)19/h1-4,6H,5H2,(H,18,19). The lowest BCUT2D eigenvalue weighted by molar-refractivity contribution is -0.136. The maximum atomic E-state index is 13.1. The fourth-order valence-corrected chi connectivity index (χ4v) is 2.36. The topological polar surface area (TPSA) is 50.2 Å². The third-order valence-electron chi connectivity index (χ3n) is 2.53. The van der Waals surface area contributed by atoms with E-state index in [-0.39, 0.29) is 12.0 Å². The molecular formula is C13H8Cl2FNO2. The Balaban J connectivity index is 2.64. The van der Waals surface area contributed by atoms with E-state index in [4.69, 9.17) is 28.3 Å². The van der Waals surface area contributed by atoms with Gasteiger partial charge in [0.15, 0.2) is 0 Å². The highest BCUT2D eigenvalue weighted by Crippen LogP contribution is 2.36. The third kappa shape index (κ3) is 3.03. The highest BCUT2D eigenvalue weighted by molar-refractivity contribution is 6.39. The molecule has 0 saturated heterocycles. The molecule has 3 nitrogen and oxygen atoms in total. The molecule has 0 aliphatic rings. The Morgan fingerprint density at radius 1 is 1.32 bits per heavy atom. The van der Waals surface area contributed by atoms with Gasteiger partial charge >= 0.3 is 5.97 Å². The Labute approximate surface area is 118 Å². The van der Waals surface area contributed by atoms with Crippen LogP contribution in [0.15, 0.2) is 30.5 Å². The van der Waals surface area contributed by atoms with E-state index < -0.39 is 11.9 Å². The molecule has 1 heterocycles. The molecule has 0 spiro atoms. The summed E-state index contributed by atoms with van der Waals surface area (Å²) in [6, 6.07) is 5.98. The quantitative estimate of drug-likeness (QED) is 0.877. The first-order valence-corrected chi connectivity index (χ1v) is 6.05. The number of nitrogens with zero attached hydrogens (tertiary/aromatic N) is 1. The summed E-state index contributed by atoms with van der Waals surface area (Å²) in [5.74, 6) is -1.82. The molecule has 1 aromatic heterocycles. The van der Waals surface area contributed by atoms with Gasteiger partial charge in [-0.05, 0) is 23.8 Å². The van der Waals surface area contributed by atoms with Crippen molar-refractivity contribution >= 4 is 29.2 Å². The van der Waals surface area contributed by atoms with Gasteiger partial charge in [0.2, 0.25) is 5.95 Å². The van der Waals surface area contributed by atoms with Gasteiger partial charge in [0.25, 0.3) is 0 Å². The van der Waals surface area contributed by atoms with Gasteiger partial charge < -0.3 is 5.11 Å². The lowest BCUT2D eigenvalue weighted by Crippen LogP contribution is -2.04. The van der Waals surface area contributed by atoms with Crippen molar-refractivity contribution in [1.82, 2.24) is 4.98 Å². The molecule has 0 amide bonds. The fourth-order valence-electron chi connectivity index (χ4n) is 1.76. The van der Waals surface area contributed by atoms with Crippen LogP contribution < -0.4 is 0 Å². The van der Waals surface area contributed by atoms with Crippen molar-refractivity contribution in [3.8, 4) is 11.1 Å². The van der Waals surface area contributed by atoms with Crippen LogP contribution in [0.25, 0.3) is 11.1 Å². The van der Waals surface area contributed by atoms with Crippen LogP contribution in [-0.2, 0) is 11.2 Å². The summed E-state index contributed by atoms with van der Waals surface area (Å²) in [5.41, 5.74) is 1.14. The summed E-state index contributed by atoms with van der Waals surface area (Å²) in [6.45, 7) is 0. The molecule has 6 heteroatoms. The average molecular weight is 300 g/mol. The molecule has 0 fully saturated rings. The van der Waals surface area contributed by atoms with Crippen LogP contribution in [0.4, 0.5) is 4.39 Å². The number of carbonyl (C=O) groups is 1. The van der Waals surface area contributed by atoms with Gasteiger partial charge in [0, 0.05) is 27.4 Å². The summed E-state index contributed by atoms with van der Waals surface area (Å²) < 4.78 is 13.1. The molecule has 1 N–H and O–H groups in total. The molecule has 2 aromatic rings. The molecule has 0 saturated carbocycles. The Morgan fingerprint density at radius 2 is 1.95 bits per heavy atom. The van der Waals surface area contributed by atoms with Gasteiger partial charge in [-0.25, -0.2) is 4.98 Å². The first kappa shape index (κ1) is 13.8. The Kier molecular flexibility index (Phi) is 4.02. The number of carboxylic acid groups (broad SMARTS) is 1. The fraction of sp³-hybridized carbons (Fsp3) is 0.0769. The number of rotatable bonds is 3. The van der Waals surface area contributed by atoms with Crippen LogP contribution >= 0.6 is 23.2 Å². The van der Waals surface area contributed by atoms with Gasteiger partial charge in [0.1, 0.15) is 0 Å². The second-order valence-corrected chi connectivity index (χ2v) is 4.65. The Bertz CT molecular complexity index is 626. The third-order valence-corrected chi connectivity index (χ3v) is 3.16. The van der Waals surface area contributed by atoms with Crippen molar-refractivity contribution in [2.75, 3.05) is 0 Å². The van der Waals surface area contributed by atoms with E-state index in [1.54, 1.807) is 18.2 Å². The molecule has 0 unspecified atom stereocenters. The number of hydrogen-bond acceptors (Lipinski definition) is 2. The zero-order chi connectivity index (χ0) is 14.0. The molecular weight excluding hydrogens is 292 g/mol. The molecule has 0 aliphatic heterocycles. The summed E-state index contributed by atoms with van der Waals surface area (Å²) in [5, 5.41) is 9.57. The minimum atomic E-state index is -1.07. The molecule has 0 aliphatic carbocycles. The van der Waals surface area contributed by atoms with E-state index >= 15 is 0 Å². The second-order valence-electron chi connectivity index (χ2n) is 3.83. The number of hydrogen-bond donors (Lipinski definition) is 1. The van der Waals surface area contributed by atoms with Crippen molar-refractivity contribution in [3.63, 3.8) is 0 Å². The van der Waals surface area contributed by atoms with E-state index in [0.29, 0.717) is 21.2 Å². The number of halogens is 3. The van der Waals surface area contributed by atoms with Crippen LogP contribution in [0.1, 0.15) is 5.56 Å². The van der Waals surface area contributed by atoms with Gasteiger partial charge in [-0.2, -0.15) is 4.39 Å². The predicted molar refractivity (Wildman–Crippen MR) is 71.0 cm³/mol. The maximum Gasteiger partial charge on any atom is 0.307 e. The number of aliphatic carboxylic acids is 1. The summed E-state index contributed by atoms with van der Waals surface area (Å²) in [4.78, 5) is 14.4. The van der Waals surface area contributed by atoms with Crippen molar-refractivity contribution in [2.45, 2.75) is 6.42 Å². The molecule has 0 radical (unpaired) electrons. The molecule has 0 bridgehead atoms. The molecule has 2 rings (SSSR count). The average Bonchev–Trinajstić information content (AvgIpc) is 2.30. The SMILES string of the molecule is O=C(O)Cc1cc(F)ncc1-c1c(Cl)cccc1Cl. The smallest absolute Gasteiger partial charge is 0.307 e. The summed E-state index contributed by atoms with van der Waals surface area (Å²) in [7, 11) is 0. The van der Waals surface area contributed by atoms with Crippen molar-refractivity contribution in [1.29, 1.82) is 0 Å². The number of carboxylic acids is 1. The zero-order valence-electron chi connectivity index (χ0n) is 9.53. The van der Waals surface area contributed by atoms with E-state index in [9.17, 15) is 9.18 Å². The van der Waals surface area contributed by atoms with Crippen LogP contribution in [0.2, 0.25) is 10.0 Å². The summed E-state index contributed by atoms with van der Waals surface area (Å²) in [6.07, 6.45) is 0.900. The number of benzene rings is 1. The molecule has 19 heavy (non-hydrogen) atoms. The van der Waals surface area contributed by atoms with E-state index in [1.807, 2.05) is 0 Å². The van der Waals surface area contributed by atoms with Gasteiger partial charge in [-0.1, -0.05) is 29.3 Å². The van der Waals surface area contributed by atoms with Crippen LogP contribution in [0.3, 0.4) is 0 Å². The first-order valence-electron chi connectivity index (χ1n) is 5.29. The lowest BCUT2D eigenvalue weighted by Gasteiger charge is -2.11. The number of aromatic nitrogens is 1. The van der Waals surface area contributed by atoms with Gasteiger partial charge in [-0.3, -0.25) is 4.79 Å². The second kappa shape index (κ2) is 5.55. The maximum absolute atomic E-state index is 13.1. The van der Waals surface area contributed by atoms with Crippen molar-refractivity contribution in [3.05, 3.63) is 52.0 Å². The minimum Gasteiger partial charge on any atom is -0.481 e. The molecule has 98 valence electrons. The van der Waals surface area contributed by atoms with Gasteiger partial charge in [0.05, 0.1) is 6.42 Å². The largest absolute Gasteiger partial charge is 0.481 e. The Morgan fingerprint density at radius 3 is 2.53 bits per heavy atom. The normalized spacial score (nSPS) is 10.5. The predicted octanol–water partition coefficient (Wildman–Crippen LogP) is 3.82. The van der Waals surface area contributed by atoms with Crippen LogP contribution in [0.5, 0.6) is 0 Å². The number of pyridine rings is 1.